The van der Waals surface area contributed by atoms with Crippen molar-refractivity contribution in [1.29, 1.82) is 0 Å². The molecule has 0 N–H and O–H groups in total. The Kier molecular flexibility index (Phi) is 3.74. The topological polar surface area (TPSA) is 47.4 Å². The van der Waals surface area contributed by atoms with Crippen LogP contribution in [0, 0.1) is 6.92 Å². The summed E-state index contributed by atoms with van der Waals surface area (Å²) >= 11 is 0. The smallest absolute Gasteiger partial charge is 0.409 e. The van der Waals surface area contributed by atoms with E-state index in [1.54, 1.807) is 11.9 Å². The van der Waals surface area contributed by atoms with E-state index in [4.69, 9.17) is 0 Å². The van der Waals surface area contributed by atoms with Gasteiger partial charge in [-0.25, -0.2) is 9.78 Å². The van der Waals surface area contributed by atoms with Crippen LogP contribution in [0.5, 0.6) is 0 Å². The highest BCUT2D eigenvalue weighted by Crippen LogP contribution is 2.16. The number of carbonyl (C=O) groups is 1. The fraction of sp³-hybridized carbons (Fsp3) is 0.429. The van der Waals surface area contributed by atoms with E-state index in [9.17, 15) is 4.79 Å². The van der Waals surface area contributed by atoms with E-state index >= 15 is 0 Å². The summed E-state index contributed by atoms with van der Waals surface area (Å²) in [6, 6.07) is 6.23. The number of ether oxygens (including phenoxy) is 1. The summed E-state index contributed by atoms with van der Waals surface area (Å²) in [7, 11) is 5.13. The van der Waals surface area contributed by atoms with Crippen molar-refractivity contribution in [3.63, 3.8) is 0 Å². The monoisotopic (exact) mass is 261 g/mol. The van der Waals surface area contributed by atoms with Crippen LogP contribution in [0.3, 0.4) is 0 Å². The number of aryl methyl sites for hydroxylation is 2. The Morgan fingerprint density at radius 2 is 2.21 bits per heavy atom. The lowest BCUT2D eigenvalue weighted by molar-refractivity contribution is 0.134. The van der Waals surface area contributed by atoms with Gasteiger partial charge >= 0.3 is 6.09 Å². The van der Waals surface area contributed by atoms with E-state index < -0.39 is 0 Å². The van der Waals surface area contributed by atoms with Crippen molar-refractivity contribution in [2.24, 2.45) is 7.05 Å². The van der Waals surface area contributed by atoms with E-state index in [0.29, 0.717) is 6.54 Å². The first kappa shape index (κ1) is 13.4. The van der Waals surface area contributed by atoms with Gasteiger partial charge in [0.1, 0.15) is 5.82 Å². The zero-order valence-corrected chi connectivity index (χ0v) is 11.8. The van der Waals surface area contributed by atoms with E-state index in [1.165, 1.54) is 12.7 Å². The highest BCUT2D eigenvalue weighted by Gasteiger charge is 2.09. The Hall–Kier alpha value is -2.04. The Bertz CT molecular complexity index is 604. The third kappa shape index (κ3) is 2.70. The van der Waals surface area contributed by atoms with Crippen molar-refractivity contribution in [3.05, 3.63) is 29.6 Å². The van der Waals surface area contributed by atoms with Gasteiger partial charge in [0.05, 0.1) is 18.1 Å². The molecule has 1 aromatic carbocycles. The second kappa shape index (κ2) is 5.30. The number of nitrogens with zero attached hydrogens (tertiary/aromatic N) is 3. The molecule has 0 fully saturated rings. The van der Waals surface area contributed by atoms with Gasteiger partial charge < -0.3 is 14.2 Å². The summed E-state index contributed by atoms with van der Waals surface area (Å²) in [6.45, 7) is 2.62. The molecule has 0 saturated heterocycles. The number of aromatic nitrogens is 2. The maximum atomic E-state index is 11.3. The fourth-order valence-electron chi connectivity index (χ4n) is 2.07. The molecule has 5 nitrogen and oxygen atoms in total. The predicted octanol–water partition coefficient (Wildman–Crippen LogP) is 2.12. The molecule has 0 radical (unpaired) electrons. The number of likely N-dealkylation sites (N-methyl/N-ethyl adjacent to an activating group) is 1. The summed E-state index contributed by atoms with van der Waals surface area (Å²) in [6.07, 6.45) is 0.478. The summed E-state index contributed by atoms with van der Waals surface area (Å²) in [5, 5.41) is 0. The van der Waals surface area contributed by atoms with Gasteiger partial charge in [-0.1, -0.05) is 6.07 Å². The number of carbonyl (C=O) groups excluding carboxylic acids is 1. The Labute approximate surface area is 112 Å². The lowest BCUT2D eigenvalue weighted by Gasteiger charge is -2.15. The Balaban J connectivity index is 2.12. The van der Waals surface area contributed by atoms with Crippen LogP contribution >= 0.6 is 0 Å². The van der Waals surface area contributed by atoms with Crippen LogP contribution in [0.25, 0.3) is 11.0 Å². The molecular weight excluding hydrogens is 242 g/mol. The van der Waals surface area contributed by atoms with Crippen molar-refractivity contribution >= 4 is 17.1 Å². The lowest BCUT2D eigenvalue weighted by atomic mass is 10.1. The number of rotatable bonds is 3. The van der Waals surface area contributed by atoms with Crippen LogP contribution in [0.4, 0.5) is 4.79 Å². The molecule has 2 rings (SSSR count). The molecule has 0 aliphatic carbocycles. The first-order valence-corrected chi connectivity index (χ1v) is 6.24. The van der Waals surface area contributed by atoms with Gasteiger partial charge in [-0.3, -0.25) is 0 Å². The van der Waals surface area contributed by atoms with Crippen LogP contribution in [-0.2, 0) is 18.2 Å². The van der Waals surface area contributed by atoms with Gasteiger partial charge in [0.25, 0.3) is 0 Å². The number of methoxy groups -OCH3 is 1. The molecule has 1 amide bonds. The summed E-state index contributed by atoms with van der Waals surface area (Å²) < 4.78 is 6.73. The van der Waals surface area contributed by atoms with Gasteiger partial charge in [-0.2, -0.15) is 0 Å². The van der Waals surface area contributed by atoms with Crippen molar-refractivity contribution in [2.45, 2.75) is 13.3 Å². The highest BCUT2D eigenvalue weighted by atomic mass is 16.5. The molecule has 0 saturated carbocycles. The molecule has 19 heavy (non-hydrogen) atoms. The second-order valence-electron chi connectivity index (χ2n) is 4.68. The summed E-state index contributed by atoms with van der Waals surface area (Å²) in [4.78, 5) is 17.4. The lowest BCUT2D eigenvalue weighted by Crippen LogP contribution is -2.28. The summed E-state index contributed by atoms with van der Waals surface area (Å²) in [5.74, 6) is 0.999. The molecule has 2 aromatic rings. The number of hydrogen-bond acceptors (Lipinski definition) is 3. The maximum Gasteiger partial charge on any atom is 0.409 e. The van der Waals surface area contributed by atoms with Gasteiger partial charge in [0.15, 0.2) is 0 Å². The average molecular weight is 261 g/mol. The number of benzene rings is 1. The molecule has 0 aliphatic heterocycles. The third-order valence-corrected chi connectivity index (χ3v) is 3.39. The van der Waals surface area contributed by atoms with E-state index in [2.05, 4.69) is 32.5 Å². The summed E-state index contributed by atoms with van der Waals surface area (Å²) in [5.41, 5.74) is 3.29. The van der Waals surface area contributed by atoms with Crippen molar-refractivity contribution in [3.8, 4) is 0 Å². The molecular formula is C14H19N3O2. The van der Waals surface area contributed by atoms with Gasteiger partial charge in [-0.15, -0.1) is 0 Å². The SMILES string of the molecule is COC(=O)N(C)CCc1ccc2c(c1)nc(C)n2C. The minimum atomic E-state index is -0.310. The highest BCUT2D eigenvalue weighted by molar-refractivity contribution is 5.76. The molecule has 0 aliphatic rings. The number of imidazole rings is 1. The molecule has 5 heteroatoms. The van der Waals surface area contributed by atoms with E-state index in [0.717, 1.165) is 23.3 Å². The first-order chi connectivity index (χ1) is 9.02. The molecule has 0 unspecified atom stereocenters. The normalized spacial score (nSPS) is 10.7. The van der Waals surface area contributed by atoms with Crippen LogP contribution in [-0.4, -0.2) is 41.2 Å². The Morgan fingerprint density at radius 3 is 2.89 bits per heavy atom. The molecule has 0 atom stereocenters. The number of hydrogen-bond donors (Lipinski definition) is 0. The Morgan fingerprint density at radius 1 is 1.47 bits per heavy atom. The second-order valence-corrected chi connectivity index (χ2v) is 4.68. The van der Waals surface area contributed by atoms with Crippen molar-refractivity contribution in [2.75, 3.05) is 20.7 Å². The van der Waals surface area contributed by atoms with Crippen LogP contribution in [0.15, 0.2) is 18.2 Å². The molecule has 102 valence electrons. The van der Waals surface area contributed by atoms with Gasteiger partial charge in [0, 0.05) is 20.6 Å². The van der Waals surface area contributed by atoms with Crippen LogP contribution < -0.4 is 0 Å². The maximum absolute atomic E-state index is 11.3. The number of amides is 1. The molecule has 1 heterocycles. The molecule has 1 aromatic heterocycles. The zero-order chi connectivity index (χ0) is 14.0. The standard InChI is InChI=1S/C14H19N3O2/c1-10-15-12-9-11(5-6-13(12)17(10)3)7-8-16(2)14(18)19-4/h5-6,9H,7-8H2,1-4H3. The average Bonchev–Trinajstić information content (AvgIpc) is 2.70. The minimum absolute atomic E-state index is 0.310. The van der Waals surface area contributed by atoms with Crippen molar-refractivity contribution < 1.29 is 9.53 Å². The van der Waals surface area contributed by atoms with E-state index in [-0.39, 0.29) is 6.09 Å². The largest absolute Gasteiger partial charge is 0.453 e. The third-order valence-electron chi connectivity index (χ3n) is 3.39. The van der Waals surface area contributed by atoms with Crippen LogP contribution in [0.2, 0.25) is 0 Å². The minimum Gasteiger partial charge on any atom is -0.453 e. The zero-order valence-electron chi connectivity index (χ0n) is 11.8. The van der Waals surface area contributed by atoms with Crippen LogP contribution in [0.1, 0.15) is 11.4 Å². The molecule has 0 bridgehead atoms. The van der Waals surface area contributed by atoms with Gasteiger partial charge in [-0.05, 0) is 31.0 Å². The van der Waals surface area contributed by atoms with E-state index in [1.807, 2.05) is 14.0 Å². The fourth-order valence-corrected chi connectivity index (χ4v) is 2.07. The molecule has 0 spiro atoms. The van der Waals surface area contributed by atoms with Crippen molar-refractivity contribution in [1.82, 2.24) is 14.5 Å². The number of fused-ring (bicyclic) bond motifs is 1. The first-order valence-electron chi connectivity index (χ1n) is 6.24. The predicted molar refractivity (Wildman–Crippen MR) is 74.2 cm³/mol. The van der Waals surface area contributed by atoms with Gasteiger partial charge in [0.2, 0.25) is 0 Å². The quantitative estimate of drug-likeness (QED) is 0.850.